The summed E-state index contributed by atoms with van der Waals surface area (Å²) in [6.07, 6.45) is 0. The molecule has 1 aliphatic rings. The number of nitrogens with zero attached hydrogens (tertiary/aromatic N) is 1. The minimum Gasteiger partial charge on any atom is -0.495 e. The van der Waals surface area contributed by atoms with Crippen LogP contribution in [0, 0.1) is 6.92 Å². The van der Waals surface area contributed by atoms with Gasteiger partial charge >= 0.3 is 0 Å². The lowest BCUT2D eigenvalue weighted by molar-refractivity contribution is -0.120. The Labute approximate surface area is 197 Å². The summed E-state index contributed by atoms with van der Waals surface area (Å²) >= 11 is 6.28. The third-order valence-corrected chi connectivity index (χ3v) is 5.80. The van der Waals surface area contributed by atoms with E-state index in [-0.39, 0.29) is 11.3 Å². The molecule has 2 amide bonds. The van der Waals surface area contributed by atoms with Crippen molar-refractivity contribution in [1.82, 2.24) is 0 Å². The topological polar surface area (TPSA) is 67.9 Å². The molecule has 1 heterocycles. The van der Waals surface area contributed by atoms with Crippen LogP contribution in [0.1, 0.15) is 18.1 Å². The fourth-order valence-electron chi connectivity index (χ4n) is 3.71. The Morgan fingerprint density at radius 2 is 1.67 bits per heavy atom. The van der Waals surface area contributed by atoms with Gasteiger partial charge in [0.25, 0.3) is 11.8 Å². The quantitative estimate of drug-likeness (QED) is 0.473. The van der Waals surface area contributed by atoms with Crippen LogP contribution in [-0.2, 0) is 9.59 Å². The standard InChI is InChI=1S/C26H23ClN2O4/c1-4-33-18-14-12-17(13-15-18)23-24(28-20-9-7-8-19(27)16(20)2)26(31)29(25(23)30)21-10-5-6-11-22(21)32-3/h5-15,28H,4H2,1-3H3. The maximum Gasteiger partial charge on any atom is 0.282 e. The fourth-order valence-corrected chi connectivity index (χ4v) is 3.88. The van der Waals surface area contributed by atoms with Crippen molar-refractivity contribution in [2.24, 2.45) is 0 Å². The summed E-state index contributed by atoms with van der Waals surface area (Å²) in [5.74, 6) is 0.175. The molecule has 168 valence electrons. The summed E-state index contributed by atoms with van der Waals surface area (Å²) in [5, 5.41) is 3.72. The van der Waals surface area contributed by atoms with E-state index in [1.54, 1.807) is 60.7 Å². The summed E-state index contributed by atoms with van der Waals surface area (Å²) in [7, 11) is 1.50. The number of hydrogen-bond donors (Lipinski definition) is 1. The highest BCUT2D eigenvalue weighted by molar-refractivity contribution is 6.46. The predicted octanol–water partition coefficient (Wildman–Crippen LogP) is 5.45. The van der Waals surface area contributed by atoms with Gasteiger partial charge in [-0.2, -0.15) is 0 Å². The first kappa shape index (κ1) is 22.4. The van der Waals surface area contributed by atoms with Crippen molar-refractivity contribution in [1.29, 1.82) is 0 Å². The molecule has 0 aromatic heterocycles. The van der Waals surface area contributed by atoms with Gasteiger partial charge in [-0.25, -0.2) is 4.90 Å². The third-order valence-electron chi connectivity index (χ3n) is 5.39. The van der Waals surface area contributed by atoms with Crippen molar-refractivity contribution in [3.05, 3.63) is 88.6 Å². The Bertz CT molecular complexity index is 1250. The monoisotopic (exact) mass is 462 g/mol. The van der Waals surface area contributed by atoms with Gasteiger partial charge in [0, 0.05) is 10.7 Å². The molecule has 0 spiro atoms. The maximum absolute atomic E-state index is 13.6. The van der Waals surface area contributed by atoms with Crippen molar-refractivity contribution in [3.63, 3.8) is 0 Å². The first-order valence-electron chi connectivity index (χ1n) is 10.5. The molecule has 3 aromatic rings. The number of hydrogen-bond acceptors (Lipinski definition) is 5. The number of halogens is 1. The van der Waals surface area contributed by atoms with E-state index in [0.29, 0.717) is 40.1 Å². The highest BCUT2D eigenvalue weighted by atomic mass is 35.5. The lowest BCUT2D eigenvalue weighted by atomic mass is 10.0. The second-order valence-corrected chi connectivity index (χ2v) is 7.77. The van der Waals surface area contributed by atoms with E-state index in [0.717, 1.165) is 10.5 Å². The summed E-state index contributed by atoms with van der Waals surface area (Å²) < 4.78 is 10.9. The highest BCUT2D eigenvalue weighted by Crippen LogP contribution is 2.38. The van der Waals surface area contributed by atoms with Crippen molar-refractivity contribution in [2.75, 3.05) is 23.9 Å². The van der Waals surface area contributed by atoms with Crippen LogP contribution in [0.3, 0.4) is 0 Å². The maximum atomic E-state index is 13.6. The van der Waals surface area contributed by atoms with E-state index in [1.165, 1.54) is 7.11 Å². The number of nitrogens with one attached hydrogen (secondary N) is 1. The second kappa shape index (κ2) is 9.38. The number of imide groups is 1. The molecule has 4 rings (SSSR count). The summed E-state index contributed by atoms with van der Waals surface area (Å²) in [4.78, 5) is 28.4. The molecule has 0 radical (unpaired) electrons. The molecule has 0 fully saturated rings. The fraction of sp³-hybridized carbons (Fsp3) is 0.154. The van der Waals surface area contributed by atoms with E-state index in [4.69, 9.17) is 21.1 Å². The number of ether oxygens (including phenoxy) is 2. The predicted molar refractivity (Wildman–Crippen MR) is 130 cm³/mol. The molecule has 3 aromatic carbocycles. The highest BCUT2D eigenvalue weighted by Gasteiger charge is 2.41. The smallest absolute Gasteiger partial charge is 0.282 e. The molecule has 0 unspecified atom stereocenters. The normalized spacial score (nSPS) is 13.5. The lowest BCUT2D eigenvalue weighted by Gasteiger charge is -2.18. The Morgan fingerprint density at radius 3 is 2.36 bits per heavy atom. The SMILES string of the molecule is CCOc1ccc(C2=C(Nc3cccc(Cl)c3C)C(=O)N(c3ccccc3OC)C2=O)cc1. The van der Waals surface area contributed by atoms with Crippen LogP contribution < -0.4 is 19.7 Å². The lowest BCUT2D eigenvalue weighted by Crippen LogP contribution is -2.32. The van der Waals surface area contributed by atoms with Gasteiger partial charge in [0.2, 0.25) is 0 Å². The van der Waals surface area contributed by atoms with Crippen molar-refractivity contribution in [2.45, 2.75) is 13.8 Å². The molecule has 0 atom stereocenters. The average molecular weight is 463 g/mol. The number of carbonyl (C=O) groups excluding carboxylic acids is 2. The molecule has 1 aliphatic heterocycles. The van der Waals surface area contributed by atoms with E-state index in [1.807, 2.05) is 19.9 Å². The van der Waals surface area contributed by atoms with E-state index in [9.17, 15) is 9.59 Å². The van der Waals surface area contributed by atoms with Gasteiger partial charge < -0.3 is 14.8 Å². The molecule has 0 aliphatic carbocycles. The van der Waals surface area contributed by atoms with Crippen LogP contribution in [0.2, 0.25) is 5.02 Å². The zero-order valence-corrected chi connectivity index (χ0v) is 19.3. The molecule has 1 N–H and O–H groups in total. The molecular formula is C26H23ClN2O4. The summed E-state index contributed by atoms with van der Waals surface area (Å²) in [5.41, 5.74) is 2.81. The summed E-state index contributed by atoms with van der Waals surface area (Å²) in [6, 6.07) is 19.4. The Kier molecular flexibility index (Phi) is 6.38. The molecule has 0 bridgehead atoms. The molecule has 6 nitrogen and oxygen atoms in total. The van der Waals surface area contributed by atoms with Gasteiger partial charge in [-0.1, -0.05) is 41.9 Å². The van der Waals surface area contributed by atoms with E-state index >= 15 is 0 Å². The number of para-hydroxylation sites is 2. The van der Waals surface area contributed by atoms with Crippen LogP contribution in [0.4, 0.5) is 11.4 Å². The van der Waals surface area contributed by atoms with Crippen LogP contribution in [0.5, 0.6) is 11.5 Å². The van der Waals surface area contributed by atoms with Crippen LogP contribution in [-0.4, -0.2) is 25.5 Å². The largest absolute Gasteiger partial charge is 0.495 e. The van der Waals surface area contributed by atoms with Gasteiger partial charge in [-0.3, -0.25) is 9.59 Å². The Hall–Kier alpha value is -3.77. The minimum atomic E-state index is -0.479. The number of methoxy groups -OCH3 is 1. The molecule has 7 heteroatoms. The van der Waals surface area contributed by atoms with Crippen molar-refractivity contribution >= 4 is 40.4 Å². The second-order valence-electron chi connectivity index (χ2n) is 7.36. The summed E-state index contributed by atoms with van der Waals surface area (Å²) in [6.45, 7) is 4.28. The van der Waals surface area contributed by atoms with E-state index in [2.05, 4.69) is 5.32 Å². The number of rotatable bonds is 7. The molecule has 33 heavy (non-hydrogen) atoms. The van der Waals surface area contributed by atoms with Crippen LogP contribution >= 0.6 is 11.6 Å². The Morgan fingerprint density at radius 1 is 0.939 bits per heavy atom. The first-order valence-corrected chi connectivity index (χ1v) is 10.9. The zero-order valence-electron chi connectivity index (χ0n) is 18.5. The van der Waals surface area contributed by atoms with Gasteiger partial charge in [0.05, 0.1) is 25.0 Å². The van der Waals surface area contributed by atoms with Crippen molar-refractivity contribution in [3.8, 4) is 11.5 Å². The number of carbonyl (C=O) groups is 2. The minimum absolute atomic E-state index is 0.167. The molecular weight excluding hydrogens is 440 g/mol. The number of benzene rings is 3. The van der Waals surface area contributed by atoms with E-state index < -0.39 is 11.8 Å². The Balaban J connectivity index is 1.84. The average Bonchev–Trinajstić information content (AvgIpc) is 3.06. The first-order chi connectivity index (χ1) is 16.0. The molecule has 0 saturated carbocycles. The zero-order chi connectivity index (χ0) is 23.5. The molecule has 0 saturated heterocycles. The van der Waals surface area contributed by atoms with Gasteiger partial charge in [0.15, 0.2) is 0 Å². The number of anilines is 2. The van der Waals surface area contributed by atoms with Gasteiger partial charge in [0.1, 0.15) is 17.2 Å². The third kappa shape index (κ3) is 4.17. The van der Waals surface area contributed by atoms with Gasteiger partial charge in [-0.15, -0.1) is 0 Å². The number of amides is 2. The van der Waals surface area contributed by atoms with Crippen molar-refractivity contribution < 1.29 is 19.1 Å². The van der Waals surface area contributed by atoms with Gasteiger partial charge in [-0.05, 0) is 61.4 Å². The van der Waals surface area contributed by atoms with Crippen LogP contribution in [0.25, 0.3) is 5.57 Å². The van der Waals surface area contributed by atoms with Crippen LogP contribution in [0.15, 0.2) is 72.4 Å².